The molecule has 0 unspecified atom stereocenters. The number of sulfonamides is 1. The fraction of sp³-hybridized carbons (Fsp3) is 0.706. The highest BCUT2D eigenvalue weighted by atomic mass is 32.2. The summed E-state index contributed by atoms with van der Waals surface area (Å²) in [6.45, 7) is 0. The molecule has 7 heteroatoms. The van der Waals surface area contributed by atoms with Crippen LogP contribution >= 0.6 is 0 Å². The summed E-state index contributed by atoms with van der Waals surface area (Å²) in [5, 5.41) is 7.60. The van der Waals surface area contributed by atoms with Crippen LogP contribution in [0.4, 0.5) is 0 Å². The largest absolute Gasteiger partial charge is 0.438 e. The zero-order valence-electron chi connectivity index (χ0n) is 14.1. The van der Waals surface area contributed by atoms with Gasteiger partial charge in [0.1, 0.15) is 0 Å². The van der Waals surface area contributed by atoms with Crippen LogP contribution in [0.15, 0.2) is 21.6 Å². The van der Waals surface area contributed by atoms with Gasteiger partial charge >= 0.3 is 0 Å². The van der Waals surface area contributed by atoms with Gasteiger partial charge in [0.2, 0.25) is 5.09 Å². The molecular weight excluding hydrogens is 328 g/mol. The SMILES string of the molecule is NS(=O)(=O)c1ccc(C(=O)NC2CCCCCCCCCCC2)o1. The van der Waals surface area contributed by atoms with Gasteiger partial charge < -0.3 is 9.73 Å². The lowest BCUT2D eigenvalue weighted by Crippen LogP contribution is -2.34. The van der Waals surface area contributed by atoms with Gasteiger partial charge in [-0.05, 0) is 25.0 Å². The standard InChI is InChI=1S/C17H28N2O4S/c18-24(21,22)16-13-12-15(23-16)17(20)19-14-10-8-6-4-2-1-3-5-7-9-11-14/h12-14H,1-11H2,(H,19,20)(H2,18,21,22). The van der Waals surface area contributed by atoms with E-state index < -0.39 is 10.0 Å². The fourth-order valence-corrected chi connectivity index (χ4v) is 3.62. The van der Waals surface area contributed by atoms with E-state index in [0.717, 1.165) is 25.7 Å². The lowest BCUT2D eigenvalue weighted by Gasteiger charge is -2.19. The molecule has 136 valence electrons. The van der Waals surface area contributed by atoms with Crippen molar-refractivity contribution in [1.29, 1.82) is 0 Å². The van der Waals surface area contributed by atoms with E-state index in [1.54, 1.807) is 0 Å². The van der Waals surface area contributed by atoms with E-state index in [4.69, 9.17) is 9.56 Å². The molecule has 0 aliphatic heterocycles. The third kappa shape index (κ3) is 6.28. The van der Waals surface area contributed by atoms with Crippen molar-refractivity contribution >= 4 is 15.9 Å². The molecule has 1 fully saturated rings. The first kappa shape index (κ1) is 19.0. The quantitative estimate of drug-likeness (QED) is 0.867. The number of carbonyl (C=O) groups excluding carboxylic acids is 1. The first-order chi connectivity index (χ1) is 11.5. The topological polar surface area (TPSA) is 102 Å². The van der Waals surface area contributed by atoms with Gasteiger partial charge in [-0.15, -0.1) is 0 Å². The highest BCUT2D eigenvalue weighted by molar-refractivity contribution is 7.89. The molecule has 0 bridgehead atoms. The molecule has 1 aliphatic carbocycles. The molecule has 1 heterocycles. The molecule has 1 aromatic rings. The summed E-state index contributed by atoms with van der Waals surface area (Å²) in [7, 11) is -3.92. The summed E-state index contributed by atoms with van der Waals surface area (Å²) in [4.78, 5) is 12.3. The highest BCUT2D eigenvalue weighted by Crippen LogP contribution is 2.18. The lowest BCUT2D eigenvalue weighted by molar-refractivity contribution is 0.0898. The summed E-state index contributed by atoms with van der Waals surface area (Å²) >= 11 is 0. The van der Waals surface area contributed by atoms with Crippen molar-refractivity contribution in [3.05, 3.63) is 17.9 Å². The van der Waals surface area contributed by atoms with Crippen LogP contribution in [-0.4, -0.2) is 20.4 Å². The Balaban J connectivity index is 1.92. The van der Waals surface area contributed by atoms with Crippen LogP contribution in [0.25, 0.3) is 0 Å². The second-order valence-corrected chi connectivity index (χ2v) is 8.09. The first-order valence-corrected chi connectivity index (χ1v) is 10.4. The van der Waals surface area contributed by atoms with Crippen molar-refractivity contribution in [2.24, 2.45) is 5.14 Å². The maximum atomic E-state index is 12.3. The predicted molar refractivity (Wildman–Crippen MR) is 92.1 cm³/mol. The Hall–Kier alpha value is -1.34. The molecule has 1 amide bonds. The number of furan rings is 1. The van der Waals surface area contributed by atoms with Gasteiger partial charge in [0.05, 0.1) is 0 Å². The average molecular weight is 356 g/mol. The van der Waals surface area contributed by atoms with Crippen LogP contribution in [0.5, 0.6) is 0 Å². The van der Waals surface area contributed by atoms with Crippen molar-refractivity contribution in [1.82, 2.24) is 5.32 Å². The zero-order chi connectivity index (χ0) is 17.4. The monoisotopic (exact) mass is 356 g/mol. The van der Waals surface area contributed by atoms with E-state index in [1.807, 2.05) is 0 Å². The normalized spacial score (nSPS) is 19.2. The van der Waals surface area contributed by atoms with Gasteiger partial charge in [-0.2, -0.15) is 0 Å². The zero-order valence-corrected chi connectivity index (χ0v) is 14.9. The number of amides is 1. The number of nitrogens with two attached hydrogens (primary N) is 1. The van der Waals surface area contributed by atoms with E-state index >= 15 is 0 Å². The number of primary sulfonamides is 1. The Morgan fingerprint density at radius 1 is 0.958 bits per heavy atom. The van der Waals surface area contributed by atoms with E-state index in [2.05, 4.69) is 5.32 Å². The number of rotatable bonds is 3. The molecule has 3 N–H and O–H groups in total. The Labute approximate surface area is 144 Å². The fourth-order valence-electron chi connectivity index (χ4n) is 3.16. The molecule has 0 atom stereocenters. The summed E-state index contributed by atoms with van der Waals surface area (Å²) in [5.74, 6) is -0.382. The molecule has 0 aromatic carbocycles. The molecule has 6 nitrogen and oxygen atoms in total. The Bertz CT molecular complexity index is 612. The number of carbonyl (C=O) groups is 1. The van der Waals surface area contributed by atoms with Gasteiger partial charge in [0.15, 0.2) is 5.76 Å². The average Bonchev–Trinajstić information content (AvgIpc) is 3.00. The van der Waals surface area contributed by atoms with Crippen LogP contribution < -0.4 is 10.5 Å². The molecule has 0 radical (unpaired) electrons. The molecule has 2 rings (SSSR count). The molecule has 1 aliphatic rings. The second-order valence-electron chi connectivity index (χ2n) is 6.59. The van der Waals surface area contributed by atoms with Crippen molar-refractivity contribution in [2.75, 3.05) is 0 Å². The third-order valence-corrected chi connectivity index (χ3v) is 5.31. The maximum absolute atomic E-state index is 12.3. The lowest BCUT2D eigenvalue weighted by atomic mass is 9.98. The van der Waals surface area contributed by atoms with Crippen molar-refractivity contribution in [3.8, 4) is 0 Å². The molecule has 0 saturated heterocycles. The summed E-state index contributed by atoms with van der Waals surface area (Å²) in [5.41, 5.74) is 0. The van der Waals surface area contributed by atoms with E-state index in [1.165, 1.54) is 57.1 Å². The maximum Gasteiger partial charge on any atom is 0.287 e. The van der Waals surface area contributed by atoms with Crippen LogP contribution in [0, 0.1) is 0 Å². The molecule has 0 spiro atoms. The van der Waals surface area contributed by atoms with Gasteiger partial charge in [0, 0.05) is 6.04 Å². The Morgan fingerprint density at radius 3 is 1.92 bits per heavy atom. The second kappa shape index (κ2) is 9.22. The van der Waals surface area contributed by atoms with Crippen LogP contribution in [-0.2, 0) is 10.0 Å². The summed E-state index contributed by atoms with van der Waals surface area (Å²) in [6, 6.07) is 2.68. The van der Waals surface area contributed by atoms with Crippen molar-refractivity contribution in [2.45, 2.75) is 81.8 Å². The smallest absolute Gasteiger partial charge is 0.287 e. The van der Waals surface area contributed by atoms with Gasteiger partial charge in [-0.1, -0.05) is 57.8 Å². The van der Waals surface area contributed by atoms with Gasteiger partial charge in [-0.3, -0.25) is 4.79 Å². The van der Waals surface area contributed by atoms with Crippen LogP contribution in [0.2, 0.25) is 0 Å². The summed E-state index contributed by atoms with van der Waals surface area (Å²) < 4.78 is 27.5. The summed E-state index contributed by atoms with van der Waals surface area (Å²) in [6.07, 6.45) is 13.0. The molecule has 1 aromatic heterocycles. The predicted octanol–water partition coefficient (Wildman–Crippen LogP) is 3.33. The van der Waals surface area contributed by atoms with E-state index in [0.29, 0.717) is 0 Å². The first-order valence-electron chi connectivity index (χ1n) is 8.90. The van der Waals surface area contributed by atoms with Crippen LogP contribution in [0.1, 0.15) is 81.2 Å². The van der Waals surface area contributed by atoms with Crippen molar-refractivity contribution in [3.63, 3.8) is 0 Å². The van der Waals surface area contributed by atoms with Crippen molar-refractivity contribution < 1.29 is 17.6 Å². The minimum absolute atomic E-state index is 0.00913. The number of hydrogen-bond donors (Lipinski definition) is 2. The third-order valence-electron chi connectivity index (χ3n) is 4.53. The number of nitrogens with one attached hydrogen (secondary N) is 1. The van der Waals surface area contributed by atoms with E-state index in [9.17, 15) is 13.2 Å². The Morgan fingerprint density at radius 2 is 1.46 bits per heavy atom. The van der Waals surface area contributed by atoms with E-state index in [-0.39, 0.29) is 22.8 Å². The van der Waals surface area contributed by atoms with Gasteiger partial charge in [-0.25, -0.2) is 13.6 Å². The van der Waals surface area contributed by atoms with Crippen LogP contribution in [0.3, 0.4) is 0 Å². The highest BCUT2D eigenvalue weighted by Gasteiger charge is 2.20. The minimum atomic E-state index is -3.92. The minimum Gasteiger partial charge on any atom is -0.438 e. The van der Waals surface area contributed by atoms with Gasteiger partial charge in [0.25, 0.3) is 15.9 Å². The molecular formula is C17H28N2O4S. The molecule has 24 heavy (non-hydrogen) atoms. The Kier molecular flexibility index (Phi) is 7.30. The number of hydrogen-bond acceptors (Lipinski definition) is 4. The molecule has 1 saturated carbocycles.